The van der Waals surface area contributed by atoms with Gasteiger partial charge >= 0.3 is 5.97 Å². The summed E-state index contributed by atoms with van der Waals surface area (Å²) in [6.45, 7) is 1.48. The molecule has 18 heavy (non-hydrogen) atoms. The number of hydrogen-bond acceptors (Lipinski definition) is 5. The Bertz CT molecular complexity index is 681. The molecule has 0 atom stereocenters. The van der Waals surface area contributed by atoms with Crippen molar-refractivity contribution in [2.24, 2.45) is 0 Å². The molecule has 0 aliphatic carbocycles. The van der Waals surface area contributed by atoms with Gasteiger partial charge in [0.2, 0.25) is 5.28 Å². The predicted octanol–water partition coefficient (Wildman–Crippen LogP) is 0.926. The van der Waals surface area contributed by atoms with E-state index in [9.17, 15) is 9.59 Å². The highest BCUT2D eigenvalue weighted by molar-refractivity contribution is 6.28. The van der Waals surface area contributed by atoms with E-state index < -0.39 is 11.5 Å². The Morgan fingerprint density at radius 2 is 2.17 bits per heavy atom. The van der Waals surface area contributed by atoms with E-state index in [1.165, 1.54) is 7.11 Å². The largest absolute Gasteiger partial charge is 0.468 e. The molecule has 0 unspecified atom stereocenters. The molecule has 0 radical (unpaired) electrons. The Hall–Kier alpha value is -1.95. The number of esters is 1. The summed E-state index contributed by atoms with van der Waals surface area (Å²) in [7, 11) is 1.23. The molecule has 0 amide bonds. The third-order valence-corrected chi connectivity index (χ3v) is 2.70. The van der Waals surface area contributed by atoms with Gasteiger partial charge in [0.25, 0.3) is 5.56 Å². The number of aryl methyl sites for hydroxylation is 1. The second-order valence-corrected chi connectivity index (χ2v) is 4.01. The van der Waals surface area contributed by atoms with E-state index in [-0.39, 0.29) is 17.3 Å². The molecule has 0 fully saturated rings. The van der Waals surface area contributed by atoms with Crippen molar-refractivity contribution in [1.82, 2.24) is 14.5 Å². The molecule has 0 aliphatic heterocycles. The Labute approximate surface area is 107 Å². The molecular formula is C11H10ClN3O3. The summed E-state index contributed by atoms with van der Waals surface area (Å²) < 4.78 is 5.52. The summed E-state index contributed by atoms with van der Waals surface area (Å²) >= 11 is 5.87. The second kappa shape index (κ2) is 4.73. The zero-order valence-electron chi connectivity index (χ0n) is 9.81. The van der Waals surface area contributed by atoms with Crippen LogP contribution in [0.15, 0.2) is 16.9 Å². The lowest BCUT2D eigenvalue weighted by Crippen LogP contribution is -2.27. The number of ether oxygens (including phenoxy) is 1. The van der Waals surface area contributed by atoms with Crippen LogP contribution >= 0.6 is 11.6 Å². The number of pyridine rings is 1. The van der Waals surface area contributed by atoms with Gasteiger partial charge in [-0.05, 0) is 30.7 Å². The fraction of sp³-hybridized carbons (Fsp3) is 0.273. The lowest BCUT2D eigenvalue weighted by Gasteiger charge is -2.07. The first-order chi connectivity index (χ1) is 8.52. The molecule has 0 saturated carbocycles. The van der Waals surface area contributed by atoms with E-state index in [1.807, 2.05) is 0 Å². The third-order valence-electron chi connectivity index (χ3n) is 2.41. The summed E-state index contributed by atoms with van der Waals surface area (Å²) in [5.41, 5.74) is 0.812. The Balaban J connectivity index is 2.67. The van der Waals surface area contributed by atoms with Gasteiger partial charge in [0, 0.05) is 5.69 Å². The van der Waals surface area contributed by atoms with Crippen molar-refractivity contribution < 1.29 is 9.53 Å². The average molecular weight is 268 g/mol. The summed E-state index contributed by atoms with van der Waals surface area (Å²) in [6.07, 6.45) is 0. The van der Waals surface area contributed by atoms with Gasteiger partial charge in [-0.25, -0.2) is 9.97 Å². The smallest absolute Gasteiger partial charge is 0.325 e. The van der Waals surface area contributed by atoms with Crippen LogP contribution in [0.25, 0.3) is 11.0 Å². The van der Waals surface area contributed by atoms with Crippen LogP contribution in [0, 0.1) is 6.92 Å². The van der Waals surface area contributed by atoms with Crippen LogP contribution in [-0.4, -0.2) is 27.6 Å². The molecule has 2 aromatic rings. The summed E-state index contributed by atoms with van der Waals surface area (Å²) in [5.74, 6) is -0.576. The van der Waals surface area contributed by atoms with Crippen LogP contribution in [0.4, 0.5) is 0 Å². The first kappa shape index (κ1) is 12.5. The van der Waals surface area contributed by atoms with E-state index in [0.29, 0.717) is 11.2 Å². The maximum Gasteiger partial charge on any atom is 0.325 e. The standard InChI is InChI=1S/C11H10ClN3O3/c1-6-3-4-7-9(13-6)10(17)15(11(12)14-7)5-8(16)18-2/h3-4H,5H2,1-2H3. The Morgan fingerprint density at radius 3 is 2.83 bits per heavy atom. The fourth-order valence-corrected chi connectivity index (χ4v) is 1.73. The van der Waals surface area contributed by atoms with Crippen LogP contribution in [0.2, 0.25) is 5.28 Å². The van der Waals surface area contributed by atoms with E-state index in [1.54, 1.807) is 19.1 Å². The molecule has 2 heterocycles. The van der Waals surface area contributed by atoms with E-state index >= 15 is 0 Å². The van der Waals surface area contributed by atoms with E-state index in [2.05, 4.69) is 14.7 Å². The summed E-state index contributed by atoms with van der Waals surface area (Å²) in [4.78, 5) is 31.4. The van der Waals surface area contributed by atoms with Gasteiger partial charge in [0.1, 0.15) is 6.54 Å². The minimum absolute atomic E-state index is 0.0662. The highest BCUT2D eigenvalue weighted by Crippen LogP contribution is 2.10. The van der Waals surface area contributed by atoms with Gasteiger partial charge in [-0.1, -0.05) is 0 Å². The zero-order chi connectivity index (χ0) is 13.3. The Morgan fingerprint density at radius 1 is 1.44 bits per heavy atom. The first-order valence-electron chi connectivity index (χ1n) is 5.13. The molecule has 2 aromatic heterocycles. The van der Waals surface area contributed by atoms with Crippen molar-refractivity contribution in [3.63, 3.8) is 0 Å². The van der Waals surface area contributed by atoms with Crippen molar-refractivity contribution in [1.29, 1.82) is 0 Å². The topological polar surface area (TPSA) is 74.1 Å². The third kappa shape index (κ3) is 2.19. The maximum absolute atomic E-state index is 12.1. The molecular weight excluding hydrogens is 258 g/mol. The molecule has 0 aliphatic rings. The van der Waals surface area contributed by atoms with Crippen molar-refractivity contribution in [3.8, 4) is 0 Å². The van der Waals surface area contributed by atoms with Crippen molar-refractivity contribution >= 4 is 28.6 Å². The number of halogens is 1. The normalized spacial score (nSPS) is 10.6. The highest BCUT2D eigenvalue weighted by Gasteiger charge is 2.13. The SMILES string of the molecule is COC(=O)Cn1c(Cl)nc2ccc(C)nc2c1=O. The predicted molar refractivity (Wildman–Crippen MR) is 65.6 cm³/mol. The molecule has 0 aromatic carbocycles. The van der Waals surface area contributed by atoms with Crippen molar-refractivity contribution in [2.75, 3.05) is 7.11 Å². The fourth-order valence-electron chi connectivity index (χ4n) is 1.50. The van der Waals surface area contributed by atoms with Crippen molar-refractivity contribution in [3.05, 3.63) is 33.5 Å². The number of methoxy groups -OCH3 is 1. The minimum atomic E-state index is -0.576. The molecule has 6 nitrogen and oxygen atoms in total. The number of hydrogen-bond donors (Lipinski definition) is 0. The van der Waals surface area contributed by atoms with Crippen LogP contribution in [0.1, 0.15) is 5.69 Å². The summed E-state index contributed by atoms with van der Waals surface area (Å²) in [6, 6.07) is 3.39. The second-order valence-electron chi connectivity index (χ2n) is 3.67. The molecule has 0 spiro atoms. The lowest BCUT2D eigenvalue weighted by atomic mass is 10.3. The molecule has 7 heteroatoms. The summed E-state index contributed by atoms with van der Waals surface area (Å²) in [5, 5.41) is -0.0662. The number of fused-ring (bicyclic) bond motifs is 1. The number of nitrogens with zero attached hydrogens (tertiary/aromatic N) is 3. The first-order valence-corrected chi connectivity index (χ1v) is 5.51. The minimum Gasteiger partial charge on any atom is -0.468 e. The van der Waals surface area contributed by atoms with Gasteiger partial charge in [-0.15, -0.1) is 0 Å². The van der Waals surface area contributed by atoms with E-state index in [0.717, 1.165) is 4.57 Å². The zero-order valence-corrected chi connectivity index (χ0v) is 10.6. The number of carbonyl (C=O) groups is 1. The van der Waals surface area contributed by atoms with Crippen LogP contribution < -0.4 is 5.56 Å². The lowest BCUT2D eigenvalue weighted by molar-refractivity contribution is -0.141. The van der Waals surface area contributed by atoms with Gasteiger partial charge in [-0.2, -0.15) is 0 Å². The monoisotopic (exact) mass is 267 g/mol. The van der Waals surface area contributed by atoms with Crippen LogP contribution in [0.3, 0.4) is 0 Å². The van der Waals surface area contributed by atoms with Crippen LogP contribution in [0.5, 0.6) is 0 Å². The average Bonchev–Trinajstić information content (AvgIpc) is 2.35. The van der Waals surface area contributed by atoms with Gasteiger partial charge < -0.3 is 4.74 Å². The molecule has 0 N–H and O–H groups in total. The molecule has 0 saturated heterocycles. The Kier molecular flexibility index (Phi) is 3.29. The van der Waals surface area contributed by atoms with Crippen molar-refractivity contribution in [2.45, 2.75) is 13.5 Å². The number of carbonyl (C=O) groups excluding carboxylic acids is 1. The van der Waals surface area contributed by atoms with E-state index in [4.69, 9.17) is 11.6 Å². The number of aromatic nitrogens is 3. The maximum atomic E-state index is 12.1. The molecule has 94 valence electrons. The number of rotatable bonds is 2. The van der Waals surface area contributed by atoms with Gasteiger partial charge in [0.15, 0.2) is 5.52 Å². The molecule has 0 bridgehead atoms. The highest BCUT2D eigenvalue weighted by atomic mass is 35.5. The van der Waals surface area contributed by atoms with Gasteiger partial charge in [-0.3, -0.25) is 14.2 Å². The van der Waals surface area contributed by atoms with Crippen LogP contribution in [-0.2, 0) is 16.1 Å². The van der Waals surface area contributed by atoms with Gasteiger partial charge in [0.05, 0.1) is 12.6 Å². The quantitative estimate of drug-likeness (QED) is 0.598. The molecule has 2 rings (SSSR count).